The first-order chi connectivity index (χ1) is 8.53. The number of hydrogen-bond acceptors (Lipinski definition) is 3. The number of rotatable bonds is 7. The van der Waals surface area contributed by atoms with E-state index in [0.29, 0.717) is 6.42 Å². The maximum atomic E-state index is 11.8. The van der Waals surface area contributed by atoms with E-state index in [9.17, 15) is 4.79 Å². The molecular weight excluding hydrogens is 226 g/mol. The number of carbonyl (C=O) groups is 1. The van der Waals surface area contributed by atoms with Gasteiger partial charge >= 0.3 is 0 Å². The number of amides is 1. The molecule has 0 saturated carbocycles. The number of nitrogens with zero attached hydrogens (tertiary/aromatic N) is 1. The van der Waals surface area contributed by atoms with Gasteiger partial charge in [-0.3, -0.25) is 4.79 Å². The van der Waals surface area contributed by atoms with Gasteiger partial charge in [-0.15, -0.1) is 0 Å². The molecule has 2 N–H and O–H groups in total. The van der Waals surface area contributed by atoms with Crippen molar-refractivity contribution in [1.29, 1.82) is 0 Å². The Morgan fingerprint density at radius 3 is 2.61 bits per heavy atom. The first kappa shape index (κ1) is 15.4. The molecule has 1 heterocycles. The van der Waals surface area contributed by atoms with Crippen LogP contribution in [0.15, 0.2) is 0 Å². The van der Waals surface area contributed by atoms with E-state index in [1.165, 1.54) is 6.42 Å². The molecule has 0 unspecified atom stereocenters. The zero-order valence-corrected chi connectivity index (χ0v) is 12.2. The first-order valence-corrected chi connectivity index (χ1v) is 7.23. The molecule has 1 aliphatic heterocycles. The SMILES string of the molecule is CCCC(C)(C)CNC(=O)CCN1CCNCC1. The van der Waals surface area contributed by atoms with Gasteiger partial charge in [-0.2, -0.15) is 0 Å². The second kappa shape index (κ2) is 7.74. The summed E-state index contributed by atoms with van der Waals surface area (Å²) in [6.07, 6.45) is 2.96. The topological polar surface area (TPSA) is 44.4 Å². The molecule has 0 bridgehead atoms. The molecule has 1 fully saturated rings. The fourth-order valence-corrected chi connectivity index (χ4v) is 2.39. The Balaban J connectivity index is 2.13. The average Bonchev–Trinajstić information content (AvgIpc) is 2.35. The van der Waals surface area contributed by atoms with Crippen molar-refractivity contribution in [1.82, 2.24) is 15.5 Å². The minimum absolute atomic E-state index is 0.192. The van der Waals surface area contributed by atoms with Crippen LogP contribution in [0.4, 0.5) is 0 Å². The highest BCUT2D eigenvalue weighted by molar-refractivity contribution is 5.76. The molecule has 1 saturated heterocycles. The third-order valence-corrected chi connectivity index (χ3v) is 3.56. The highest BCUT2D eigenvalue weighted by Crippen LogP contribution is 2.20. The Morgan fingerprint density at radius 1 is 1.33 bits per heavy atom. The van der Waals surface area contributed by atoms with E-state index in [0.717, 1.165) is 45.7 Å². The predicted octanol–water partition coefficient (Wildman–Crippen LogP) is 1.22. The van der Waals surface area contributed by atoms with Crippen molar-refractivity contribution in [3.63, 3.8) is 0 Å². The molecule has 18 heavy (non-hydrogen) atoms. The third kappa shape index (κ3) is 6.36. The quantitative estimate of drug-likeness (QED) is 0.719. The van der Waals surface area contributed by atoms with Crippen LogP contribution >= 0.6 is 0 Å². The molecule has 0 atom stereocenters. The van der Waals surface area contributed by atoms with Crippen LogP contribution in [-0.4, -0.2) is 50.1 Å². The van der Waals surface area contributed by atoms with Crippen molar-refractivity contribution >= 4 is 5.91 Å². The summed E-state index contributed by atoms with van der Waals surface area (Å²) < 4.78 is 0. The van der Waals surface area contributed by atoms with Gasteiger partial charge < -0.3 is 15.5 Å². The Morgan fingerprint density at radius 2 is 2.00 bits per heavy atom. The van der Waals surface area contributed by atoms with Crippen molar-refractivity contribution in [3.8, 4) is 0 Å². The van der Waals surface area contributed by atoms with Crippen LogP contribution in [0.2, 0.25) is 0 Å². The minimum atomic E-state index is 0.192. The summed E-state index contributed by atoms with van der Waals surface area (Å²) in [4.78, 5) is 14.1. The number of piperazine rings is 1. The van der Waals surface area contributed by atoms with Crippen LogP contribution in [0.5, 0.6) is 0 Å². The van der Waals surface area contributed by atoms with Gasteiger partial charge in [0.05, 0.1) is 0 Å². The minimum Gasteiger partial charge on any atom is -0.356 e. The Bertz CT molecular complexity index is 247. The normalized spacial score (nSPS) is 17.7. The fraction of sp³-hybridized carbons (Fsp3) is 0.929. The summed E-state index contributed by atoms with van der Waals surface area (Å²) in [6.45, 7) is 12.5. The molecule has 4 heteroatoms. The van der Waals surface area contributed by atoms with E-state index in [-0.39, 0.29) is 11.3 Å². The summed E-state index contributed by atoms with van der Waals surface area (Å²) in [7, 11) is 0. The van der Waals surface area contributed by atoms with Crippen molar-refractivity contribution in [2.45, 2.75) is 40.0 Å². The van der Waals surface area contributed by atoms with Crippen LogP contribution < -0.4 is 10.6 Å². The Hall–Kier alpha value is -0.610. The molecule has 0 aromatic heterocycles. The first-order valence-electron chi connectivity index (χ1n) is 7.23. The number of hydrogen-bond donors (Lipinski definition) is 2. The highest BCUT2D eigenvalue weighted by Gasteiger charge is 2.18. The monoisotopic (exact) mass is 255 g/mol. The lowest BCUT2D eigenvalue weighted by Crippen LogP contribution is -2.45. The van der Waals surface area contributed by atoms with E-state index >= 15 is 0 Å². The summed E-state index contributed by atoms with van der Waals surface area (Å²) in [5.74, 6) is 0.192. The van der Waals surface area contributed by atoms with E-state index in [2.05, 4.69) is 36.3 Å². The lowest BCUT2D eigenvalue weighted by molar-refractivity contribution is -0.121. The molecule has 4 nitrogen and oxygen atoms in total. The lowest BCUT2D eigenvalue weighted by Gasteiger charge is -2.27. The molecule has 1 rings (SSSR count). The van der Waals surface area contributed by atoms with E-state index in [4.69, 9.17) is 0 Å². The largest absolute Gasteiger partial charge is 0.356 e. The zero-order chi connectivity index (χ0) is 13.4. The predicted molar refractivity (Wildman–Crippen MR) is 75.6 cm³/mol. The van der Waals surface area contributed by atoms with Crippen LogP contribution in [0.25, 0.3) is 0 Å². The molecule has 0 spiro atoms. The molecule has 0 aliphatic carbocycles. The van der Waals surface area contributed by atoms with E-state index in [1.807, 2.05) is 0 Å². The number of nitrogens with one attached hydrogen (secondary N) is 2. The Kier molecular flexibility index (Phi) is 6.65. The van der Waals surface area contributed by atoms with E-state index < -0.39 is 0 Å². The van der Waals surface area contributed by atoms with Gasteiger partial charge in [0.25, 0.3) is 0 Å². The highest BCUT2D eigenvalue weighted by atomic mass is 16.1. The van der Waals surface area contributed by atoms with Crippen LogP contribution in [0.3, 0.4) is 0 Å². The number of carbonyl (C=O) groups excluding carboxylic acids is 1. The average molecular weight is 255 g/mol. The third-order valence-electron chi connectivity index (χ3n) is 3.56. The standard InChI is InChI=1S/C14H29N3O/c1-4-6-14(2,3)12-16-13(18)5-9-17-10-7-15-8-11-17/h15H,4-12H2,1-3H3,(H,16,18). The van der Waals surface area contributed by atoms with Gasteiger partial charge in [0.1, 0.15) is 0 Å². The molecule has 106 valence electrons. The van der Waals surface area contributed by atoms with Crippen LogP contribution in [0, 0.1) is 5.41 Å². The van der Waals surface area contributed by atoms with Gasteiger partial charge in [0.15, 0.2) is 0 Å². The smallest absolute Gasteiger partial charge is 0.221 e. The fourth-order valence-electron chi connectivity index (χ4n) is 2.39. The van der Waals surface area contributed by atoms with Gasteiger partial charge in [0.2, 0.25) is 5.91 Å². The van der Waals surface area contributed by atoms with Crippen molar-refractivity contribution in [3.05, 3.63) is 0 Å². The van der Waals surface area contributed by atoms with Crippen LogP contribution in [0.1, 0.15) is 40.0 Å². The maximum absolute atomic E-state index is 11.8. The molecule has 1 amide bonds. The second-order valence-corrected chi connectivity index (χ2v) is 6.03. The van der Waals surface area contributed by atoms with Gasteiger partial charge in [-0.25, -0.2) is 0 Å². The van der Waals surface area contributed by atoms with Gasteiger partial charge in [-0.05, 0) is 11.8 Å². The summed E-state index contributed by atoms with van der Waals surface area (Å²) in [5.41, 5.74) is 0.222. The van der Waals surface area contributed by atoms with Crippen molar-refractivity contribution in [2.75, 3.05) is 39.3 Å². The van der Waals surface area contributed by atoms with E-state index in [1.54, 1.807) is 0 Å². The maximum Gasteiger partial charge on any atom is 0.221 e. The molecule has 0 aromatic rings. The molecule has 0 radical (unpaired) electrons. The lowest BCUT2D eigenvalue weighted by atomic mass is 9.88. The summed E-state index contributed by atoms with van der Waals surface area (Å²) in [5, 5.41) is 6.39. The van der Waals surface area contributed by atoms with Gasteiger partial charge in [-0.1, -0.05) is 27.2 Å². The van der Waals surface area contributed by atoms with Crippen molar-refractivity contribution in [2.24, 2.45) is 5.41 Å². The molecule has 0 aromatic carbocycles. The summed E-state index contributed by atoms with van der Waals surface area (Å²) >= 11 is 0. The van der Waals surface area contributed by atoms with Crippen molar-refractivity contribution < 1.29 is 4.79 Å². The van der Waals surface area contributed by atoms with Gasteiger partial charge in [0, 0.05) is 45.7 Å². The van der Waals surface area contributed by atoms with Crippen LogP contribution in [-0.2, 0) is 4.79 Å². The summed E-state index contributed by atoms with van der Waals surface area (Å²) in [6, 6.07) is 0. The molecular formula is C14H29N3O. The second-order valence-electron chi connectivity index (χ2n) is 6.03. The molecule has 1 aliphatic rings. The Labute approximate surface area is 111 Å². The zero-order valence-electron chi connectivity index (χ0n) is 12.2.